The highest BCUT2D eigenvalue weighted by Gasteiger charge is 2.16. The van der Waals surface area contributed by atoms with Crippen LogP contribution in [0.1, 0.15) is 5.56 Å². The second-order valence-electron chi connectivity index (χ2n) is 8.15. The Morgan fingerprint density at radius 2 is 1.41 bits per heavy atom. The van der Waals surface area contributed by atoms with E-state index in [0.717, 1.165) is 28.0 Å². The molecule has 0 fully saturated rings. The number of anilines is 1. The average Bonchev–Trinajstić information content (AvgIpc) is 3.16. The second kappa shape index (κ2) is 5.74. The fraction of sp³-hybridized carbons (Fsp3) is 0.111. The number of nitrogens with zero attached hydrogens (tertiary/aromatic N) is 1. The monoisotopic (exact) mass is 375 g/mol. The zero-order chi connectivity index (χ0) is 19.7. The maximum Gasteiger partial charge on any atom is 0.136 e. The van der Waals surface area contributed by atoms with Crippen LogP contribution in [0.5, 0.6) is 0 Å². The summed E-state index contributed by atoms with van der Waals surface area (Å²) in [4.78, 5) is 2.10. The lowest BCUT2D eigenvalue weighted by molar-refractivity contribution is 0.632. The molecule has 0 aliphatic heterocycles. The second-order valence-corrected chi connectivity index (χ2v) is 8.15. The Labute approximate surface area is 169 Å². The highest BCUT2D eigenvalue weighted by atomic mass is 16.3. The van der Waals surface area contributed by atoms with Crippen molar-refractivity contribution in [2.45, 2.75) is 6.92 Å². The van der Waals surface area contributed by atoms with Gasteiger partial charge in [-0.05, 0) is 69.1 Å². The van der Waals surface area contributed by atoms with Gasteiger partial charge in [-0.3, -0.25) is 0 Å². The van der Waals surface area contributed by atoms with Gasteiger partial charge in [0.1, 0.15) is 11.3 Å². The van der Waals surface area contributed by atoms with Crippen molar-refractivity contribution in [1.82, 2.24) is 0 Å². The van der Waals surface area contributed by atoms with E-state index >= 15 is 0 Å². The summed E-state index contributed by atoms with van der Waals surface area (Å²) < 4.78 is 6.39. The molecule has 0 radical (unpaired) electrons. The smallest absolute Gasteiger partial charge is 0.136 e. The summed E-state index contributed by atoms with van der Waals surface area (Å²) in [5.74, 6) is 0.925. The Hall–Kier alpha value is -3.52. The van der Waals surface area contributed by atoms with Crippen LogP contribution in [0.2, 0.25) is 0 Å². The van der Waals surface area contributed by atoms with Crippen molar-refractivity contribution in [3.63, 3.8) is 0 Å². The molecule has 0 aliphatic rings. The zero-order valence-corrected chi connectivity index (χ0v) is 16.8. The van der Waals surface area contributed by atoms with E-state index in [1.54, 1.807) is 0 Å². The molecule has 0 N–H and O–H groups in total. The van der Waals surface area contributed by atoms with Crippen molar-refractivity contribution in [2.24, 2.45) is 0 Å². The predicted octanol–water partition coefficient (Wildman–Crippen LogP) is 7.37. The normalized spacial score (nSPS) is 12.0. The molecule has 0 unspecified atom stereocenters. The molecule has 29 heavy (non-hydrogen) atoms. The van der Waals surface area contributed by atoms with E-state index in [2.05, 4.69) is 98.7 Å². The molecule has 0 atom stereocenters. The van der Waals surface area contributed by atoms with Gasteiger partial charge in [0.2, 0.25) is 0 Å². The van der Waals surface area contributed by atoms with Crippen molar-refractivity contribution in [2.75, 3.05) is 19.0 Å². The Morgan fingerprint density at radius 1 is 0.690 bits per heavy atom. The van der Waals surface area contributed by atoms with Crippen molar-refractivity contribution in [3.05, 3.63) is 78.4 Å². The summed E-state index contributed by atoms with van der Waals surface area (Å²) in [7, 11) is 4.10. The molecule has 0 saturated carbocycles. The van der Waals surface area contributed by atoms with Crippen molar-refractivity contribution < 1.29 is 4.42 Å². The lowest BCUT2D eigenvalue weighted by atomic mass is 9.89. The summed E-state index contributed by atoms with van der Waals surface area (Å²) in [5.41, 5.74) is 4.52. The van der Waals surface area contributed by atoms with Crippen LogP contribution >= 0.6 is 0 Å². The van der Waals surface area contributed by atoms with Crippen molar-refractivity contribution in [3.8, 4) is 11.3 Å². The van der Waals surface area contributed by atoms with Gasteiger partial charge >= 0.3 is 0 Å². The molecule has 140 valence electrons. The first-order valence-corrected chi connectivity index (χ1v) is 9.98. The van der Waals surface area contributed by atoms with Gasteiger partial charge in [0.05, 0.1) is 0 Å². The van der Waals surface area contributed by atoms with Gasteiger partial charge in [-0.2, -0.15) is 0 Å². The molecule has 0 amide bonds. The van der Waals surface area contributed by atoms with Crippen LogP contribution < -0.4 is 4.90 Å². The minimum absolute atomic E-state index is 0.924. The third-order valence-electron chi connectivity index (χ3n) is 6.15. The summed E-state index contributed by atoms with van der Waals surface area (Å²) in [6, 6.07) is 26.3. The number of rotatable bonds is 2. The van der Waals surface area contributed by atoms with Crippen molar-refractivity contribution >= 4 is 49.0 Å². The first kappa shape index (κ1) is 16.4. The molecular formula is C27H21NO. The summed E-state index contributed by atoms with van der Waals surface area (Å²) in [6.07, 6.45) is 0. The third kappa shape index (κ3) is 2.29. The van der Waals surface area contributed by atoms with Crippen LogP contribution in [0.4, 0.5) is 5.69 Å². The highest BCUT2D eigenvalue weighted by Crippen LogP contribution is 2.42. The minimum atomic E-state index is 0.924. The van der Waals surface area contributed by atoms with Crippen LogP contribution in [0, 0.1) is 6.92 Å². The van der Waals surface area contributed by atoms with Crippen LogP contribution in [0.25, 0.3) is 54.6 Å². The molecule has 0 bridgehead atoms. The Bertz CT molecular complexity index is 1540. The number of furan rings is 1. The molecule has 1 heterocycles. The van der Waals surface area contributed by atoms with Crippen molar-refractivity contribution in [1.29, 1.82) is 0 Å². The molecule has 5 aromatic carbocycles. The maximum absolute atomic E-state index is 6.39. The van der Waals surface area contributed by atoms with E-state index in [1.807, 2.05) is 0 Å². The fourth-order valence-electron chi connectivity index (χ4n) is 4.59. The lowest BCUT2D eigenvalue weighted by Gasteiger charge is -2.15. The molecule has 6 rings (SSSR count). The number of hydrogen-bond donors (Lipinski definition) is 0. The average molecular weight is 375 g/mol. The van der Waals surface area contributed by atoms with E-state index in [0.29, 0.717) is 0 Å². The van der Waals surface area contributed by atoms with Gasteiger partial charge in [0.25, 0.3) is 0 Å². The molecule has 2 heteroatoms. The van der Waals surface area contributed by atoms with Crippen LogP contribution in [0.3, 0.4) is 0 Å². The molecule has 1 aromatic heterocycles. The number of fused-ring (bicyclic) bond motifs is 1. The molecule has 6 aromatic rings. The third-order valence-corrected chi connectivity index (χ3v) is 6.15. The fourth-order valence-corrected chi connectivity index (χ4v) is 4.59. The summed E-state index contributed by atoms with van der Waals surface area (Å²) in [5, 5.41) is 8.94. The van der Waals surface area contributed by atoms with Crippen LogP contribution in [-0.4, -0.2) is 14.1 Å². The van der Waals surface area contributed by atoms with Gasteiger partial charge in [0, 0.05) is 36.8 Å². The zero-order valence-electron chi connectivity index (χ0n) is 16.8. The van der Waals surface area contributed by atoms with E-state index in [4.69, 9.17) is 4.42 Å². The van der Waals surface area contributed by atoms with E-state index in [1.165, 1.54) is 37.9 Å². The summed E-state index contributed by atoms with van der Waals surface area (Å²) >= 11 is 0. The van der Waals surface area contributed by atoms with E-state index < -0.39 is 0 Å². The number of hydrogen-bond acceptors (Lipinski definition) is 2. The van der Waals surface area contributed by atoms with Gasteiger partial charge in [-0.15, -0.1) is 0 Å². The maximum atomic E-state index is 6.39. The SMILES string of the molecule is Cc1ccc2ccc3cccc4c(-c5cc6ccc(N(C)C)cc6o5)cc1c2c34. The first-order valence-electron chi connectivity index (χ1n) is 9.98. The van der Waals surface area contributed by atoms with Gasteiger partial charge in [0.15, 0.2) is 0 Å². The van der Waals surface area contributed by atoms with E-state index in [-0.39, 0.29) is 0 Å². The molecule has 0 spiro atoms. The Balaban J connectivity index is 1.73. The standard InChI is InChI=1S/C27H21NO/c1-16-7-8-18-10-9-17-5-4-6-21-23(15-22(16)27(18)26(17)21)25-13-19-11-12-20(28(2)3)14-24(19)29-25/h4-15H,1-3H3. The predicted molar refractivity (Wildman–Crippen MR) is 124 cm³/mol. The van der Waals surface area contributed by atoms with Crippen LogP contribution in [-0.2, 0) is 0 Å². The van der Waals surface area contributed by atoms with Crippen LogP contribution in [0.15, 0.2) is 77.2 Å². The quantitative estimate of drug-likeness (QED) is 0.294. The van der Waals surface area contributed by atoms with Gasteiger partial charge in [-0.25, -0.2) is 0 Å². The lowest BCUT2D eigenvalue weighted by Crippen LogP contribution is -2.07. The minimum Gasteiger partial charge on any atom is -0.456 e. The molecule has 0 saturated heterocycles. The van der Waals surface area contributed by atoms with E-state index in [9.17, 15) is 0 Å². The largest absolute Gasteiger partial charge is 0.456 e. The first-order chi connectivity index (χ1) is 14.1. The topological polar surface area (TPSA) is 16.4 Å². The Morgan fingerprint density at radius 3 is 2.24 bits per heavy atom. The molecule has 0 aliphatic carbocycles. The van der Waals surface area contributed by atoms with Gasteiger partial charge in [-0.1, -0.05) is 42.5 Å². The molecular weight excluding hydrogens is 354 g/mol. The Kier molecular flexibility index (Phi) is 3.25. The highest BCUT2D eigenvalue weighted by molar-refractivity contribution is 6.26. The number of aryl methyl sites for hydroxylation is 1. The number of benzene rings is 5. The summed E-state index contributed by atoms with van der Waals surface area (Å²) in [6.45, 7) is 2.19. The van der Waals surface area contributed by atoms with Gasteiger partial charge < -0.3 is 9.32 Å². The molecule has 2 nitrogen and oxygen atoms in total.